The lowest BCUT2D eigenvalue weighted by Gasteiger charge is -2.15. The van der Waals surface area contributed by atoms with Crippen LogP contribution in [0, 0.1) is 0 Å². The van der Waals surface area contributed by atoms with Gasteiger partial charge in [0.1, 0.15) is 12.4 Å². The summed E-state index contributed by atoms with van der Waals surface area (Å²) < 4.78 is 11.4. The number of halogens is 1. The highest BCUT2D eigenvalue weighted by Gasteiger charge is 2.17. The standard InChI is InChI=1S/C25H24BrN3O4S/c1-32-13-14-33-22-12-11-18(26)15-20(22)24(31)29-25(34)28-21-10-6-5-9-19(21)23(30)27-16-17-7-3-2-4-8-17/h2-12,15H,13-14,16H2,1H3,(H,27,30)(H2,28,29,31,34). The minimum atomic E-state index is -0.447. The van der Waals surface area contributed by atoms with Crippen LogP contribution in [0.5, 0.6) is 5.75 Å². The predicted octanol–water partition coefficient (Wildman–Crippen LogP) is 4.53. The molecule has 0 fully saturated rings. The molecule has 0 unspecified atom stereocenters. The van der Waals surface area contributed by atoms with Crippen LogP contribution in [0.25, 0.3) is 0 Å². The van der Waals surface area contributed by atoms with Gasteiger partial charge >= 0.3 is 0 Å². The number of nitrogens with one attached hydrogen (secondary N) is 3. The predicted molar refractivity (Wildman–Crippen MR) is 139 cm³/mol. The average Bonchev–Trinajstić information content (AvgIpc) is 2.84. The normalized spacial score (nSPS) is 10.3. The smallest absolute Gasteiger partial charge is 0.261 e. The van der Waals surface area contributed by atoms with Crippen LogP contribution >= 0.6 is 28.1 Å². The summed E-state index contributed by atoms with van der Waals surface area (Å²) in [7, 11) is 1.57. The van der Waals surface area contributed by atoms with Gasteiger partial charge in [-0.25, -0.2) is 0 Å². The third-order valence-corrected chi connectivity index (χ3v) is 5.37. The van der Waals surface area contributed by atoms with Crippen LogP contribution in [0.4, 0.5) is 5.69 Å². The summed E-state index contributed by atoms with van der Waals surface area (Å²) in [5, 5.41) is 8.53. The Morgan fingerprint density at radius 1 is 0.912 bits per heavy atom. The maximum Gasteiger partial charge on any atom is 0.261 e. The first-order chi connectivity index (χ1) is 16.5. The Kier molecular flexibility index (Phi) is 9.57. The quantitative estimate of drug-likeness (QED) is 0.272. The number of rotatable bonds is 9. The highest BCUT2D eigenvalue weighted by Crippen LogP contribution is 2.23. The molecule has 3 rings (SSSR count). The first kappa shape index (κ1) is 25.4. The molecule has 0 aliphatic carbocycles. The van der Waals surface area contributed by atoms with E-state index in [9.17, 15) is 9.59 Å². The zero-order valence-corrected chi connectivity index (χ0v) is 20.9. The fraction of sp³-hybridized carbons (Fsp3) is 0.160. The van der Waals surface area contributed by atoms with Crippen molar-refractivity contribution in [2.24, 2.45) is 0 Å². The molecule has 0 spiro atoms. The Morgan fingerprint density at radius 2 is 1.65 bits per heavy atom. The molecule has 3 aromatic rings. The minimum absolute atomic E-state index is 0.0520. The molecule has 0 heterocycles. The zero-order chi connectivity index (χ0) is 24.3. The number of carbonyl (C=O) groups excluding carboxylic acids is 2. The molecule has 0 aromatic heterocycles. The van der Waals surface area contributed by atoms with E-state index in [2.05, 4.69) is 31.9 Å². The molecular weight excluding hydrogens is 518 g/mol. The number of ether oxygens (including phenoxy) is 2. The molecule has 0 aliphatic rings. The van der Waals surface area contributed by atoms with Crippen molar-refractivity contribution in [2.45, 2.75) is 6.54 Å². The molecule has 176 valence electrons. The van der Waals surface area contributed by atoms with E-state index in [0.717, 1.165) is 10.0 Å². The number of methoxy groups -OCH3 is 1. The summed E-state index contributed by atoms with van der Waals surface area (Å²) in [4.78, 5) is 25.6. The van der Waals surface area contributed by atoms with E-state index in [1.165, 1.54) is 0 Å². The van der Waals surface area contributed by atoms with Gasteiger partial charge in [0.2, 0.25) is 0 Å². The summed E-state index contributed by atoms with van der Waals surface area (Å²) in [6.45, 7) is 1.08. The van der Waals surface area contributed by atoms with Crippen molar-refractivity contribution in [3.05, 3.63) is 94.0 Å². The zero-order valence-electron chi connectivity index (χ0n) is 18.5. The van der Waals surface area contributed by atoms with Crippen LogP contribution in [0.15, 0.2) is 77.3 Å². The monoisotopic (exact) mass is 541 g/mol. The van der Waals surface area contributed by atoms with Gasteiger partial charge in [-0.2, -0.15) is 0 Å². The topological polar surface area (TPSA) is 88.7 Å². The molecule has 0 atom stereocenters. The lowest BCUT2D eigenvalue weighted by molar-refractivity contribution is 0.0949. The fourth-order valence-electron chi connectivity index (χ4n) is 3.03. The first-order valence-corrected chi connectivity index (χ1v) is 11.6. The van der Waals surface area contributed by atoms with Gasteiger partial charge in [-0.15, -0.1) is 0 Å². The lowest BCUT2D eigenvalue weighted by atomic mass is 10.1. The van der Waals surface area contributed by atoms with Crippen molar-refractivity contribution in [3.63, 3.8) is 0 Å². The maximum atomic E-state index is 12.9. The highest BCUT2D eigenvalue weighted by molar-refractivity contribution is 9.10. The van der Waals surface area contributed by atoms with Gasteiger partial charge in [-0.05, 0) is 48.1 Å². The number of benzene rings is 3. The van der Waals surface area contributed by atoms with Crippen LogP contribution in [0.2, 0.25) is 0 Å². The third-order valence-electron chi connectivity index (χ3n) is 4.67. The van der Waals surface area contributed by atoms with Crippen molar-refractivity contribution in [1.29, 1.82) is 0 Å². The van der Waals surface area contributed by atoms with Crippen LogP contribution in [0.1, 0.15) is 26.3 Å². The molecular formula is C25H24BrN3O4S. The Morgan fingerprint density at radius 3 is 2.41 bits per heavy atom. The van der Waals surface area contributed by atoms with E-state index < -0.39 is 5.91 Å². The van der Waals surface area contributed by atoms with Crippen LogP contribution in [0.3, 0.4) is 0 Å². The number of anilines is 1. The van der Waals surface area contributed by atoms with Gasteiger partial charge in [-0.1, -0.05) is 58.4 Å². The first-order valence-electron chi connectivity index (χ1n) is 10.4. The van der Waals surface area contributed by atoms with Crippen molar-refractivity contribution < 1.29 is 19.1 Å². The summed E-state index contributed by atoms with van der Waals surface area (Å²) in [5.41, 5.74) is 2.18. The molecule has 0 saturated heterocycles. The van der Waals surface area contributed by atoms with Gasteiger partial charge in [0.05, 0.1) is 23.4 Å². The second kappa shape index (κ2) is 12.8. The Labute approximate surface area is 212 Å². The van der Waals surface area contributed by atoms with Gasteiger partial charge in [0, 0.05) is 18.1 Å². The Balaban J connectivity index is 1.66. The summed E-state index contributed by atoms with van der Waals surface area (Å²) in [5.74, 6) is -0.305. The number of thiocarbonyl (C=S) groups is 1. The van der Waals surface area contributed by atoms with Crippen molar-refractivity contribution >= 4 is 50.8 Å². The number of carbonyl (C=O) groups is 2. The SMILES string of the molecule is COCCOc1ccc(Br)cc1C(=O)NC(=S)Nc1ccccc1C(=O)NCc1ccccc1. The number of hydrogen-bond donors (Lipinski definition) is 3. The second-order valence-corrected chi connectivity index (χ2v) is 8.43. The molecule has 0 aliphatic heterocycles. The lowest BCUT2D eigenvalue weighted by Crippen LogP contribution is -2.35. The Hall–Kier alpha value is -3.27. The third kappa shape index (κ3) is 7.38. The number of hydrogen-bond acceptors (Lipinski definition) is 5. The van der Waals surface area contributed by atoms with Gasteiger partial charge < -0.3 is 20.1 Å². The van der Waals surface area contributed by atoms with E-state index in [-0.39, 0.29) is 11.0 Å². The van der Waals surface area contributed by atoms with Gasteiger partial charge in [-0.3, -0.25) is 14.9 Å². The van der Waals surface area contributed by atoms with E-state index in [1.54, 1.807) is 49.6 Å². The average molecular weight is 542 g/mol. The van der Waals surface area contributed by atoms with Crippen LogP contribution < -0.4 is 20.7 Å². The van der Waals surface area contributed by atoms with E-state index in [4.69, 9.17) is 21.7 Å². The molecule has 9 heteroatoms. The highest BCUT2D eigenvalue weighted by atomic mass is 79.9. The Bertz CT molecular complexity index is 1160. The van der Waals surface area contributed by atoms with E-state index in [1.807, 2.05) is 30.3 Å². The van der Waals surface area contributed by atoms with Crippen LogP contribution in [-0.2, 0) is 11.3 Å². The molecule has 0 bridgehead atoms. The fourth-order valence-corrected chi connectivity index (χ4v) is 3.59. The summed E-state index contributed by atoms with van der Waals surface area (Å²) in [6, 6.07) is 21.7. The van der Waals surface area contributed by atoms with E-state index >= 15 is 0 Å². The molecule has 34 heavy (non-hydrogen) atoms. The summed E-state index contributed by atoms with van der Waals surface area (Å²) >= 11 is 8.71. The van der Waals surface area contributed by atoms with Crippen molar-refractivity contribution in [3.8, 4) is 5.75 Å². The van der Waals surface area contributed by atoms with Crippen molar-refractivity contribution in [1.82, 2.24) is 10.6 Å². The maximum absolute atomic E-state index is 12.9. The molecule has 3 N–H and O–H groups in total. The number of amides is 2. The van der Waals surface area contributed by atoms with E-state index in [0.29, 0.717) is 42.3 Å². The minimum Gasteiger partial charge on any atom is -0.490 e. The van der Waals surface area contributed by atoms with Crippen molar-refractivity contribution in [2.75, 3.05) is 25.6 Å². The molecule has 0 radical (unpaired) electrons. The van der Waals surface area contributed by atoms with Crippen LogP contribution in [-0.4, -0.2) is 37.3 Å². The molecule has 0 saturated carbocycles. The number of para-hydroxylation sites is 1. The summed E-state index contributed by atoms with van der Waals surface area (Å²) in [6.07, 6.45) is 0. The second-order valence-electron chi connectivity index (χ2n) is 7.10. The molecule has 3 aromatic carbocycles. The van der Waals surface area contributed by atoms with Gasteiger partial charge in [0.25, 0.3) is 11.8 Å². The largest absolute Gasteiger partial charge is 0.490 e. The molecule has 7 nitrogen and oxygen atoms in total. The van der Waals surface area contributed by atoms with Gasteiger partial charge in [0.15, 0.2) is 5.11 Å². The molecule has 2 amide bonds.